The molecule has 1 nitrogen and oxygen atoms in total. The van der Waals surface area contributed by atoms with E-state index in [-0.39, 0.29) is 29.5 Å². The van der Waals surface area contributed by atoms with E-state index in [0.717, 1.165) is 11.8 Å². The molecule has 1 heterocycles. The molecular weight excluding hydrogens is 389 g/mol. The number of fused-ring (bicyclic) bond motifs is 2. The van der Waals surface area contributed by atoms with Gasteiger partial charge in [-0.05, 0) is 62.2 Å². The summed E-state index contributed by atoms with van der Waals surface area (Å²) in [6, 6.07) is 11.3. The van der Waals surface area contributed by atoms with Gasteiger partial charge in [-0.15, -0.1) is 35.7 Å². The third-order valence-corrected chi connectivity index (χ3v) is 6.72. The summed E-state index contributed by atoms with van der Waals surface area (Å²) in [5.41, 5.74) is 1.80. The zero-order chi connectivity index (χ0) is 13.6. The first-order valence-corrected chi connectivity index (χ1v) is 9.23. The highest BCUT2D eigenvalue weighted by molar-refractivity contribution is 14.0. The Kier molecular flexibility index (Phi) is 4.70. The van der Waals surface area contributed by atoms with Crippen LogP contribution in [0.4, 0.5) is 0 Å². The molecule has 3 saturated carbocycles. The van der Waals surface area contributed by atoms with Crippen molar-refractivity contribution in [3.63, 3.8) is 0 Å². The minimum absolute atomic E-state index is 0. The van der Waals surface area contributed by atoms with Crippen LogP contribution >= 0.6 is 35.7 Å². The van der Waals surface area contributed by atoms with Crippen LogP contribution in [0.2, 0.25) is 0 Å². The number of benzene rings is 1. The van der Waals surface area contributed by atoms with Crippen molar-refractivity contribution >= 4 is 40.8 Å². The van der Waals surface area contributed by atoms with Crippen LogP contribution in [0.25, 0.3) is 0 Å². The Bertz CT molecular complexity index is 521. The first kappa shape index (κ1) is 15.9. The molecule has 3 heteroatoms. The molecule has 2 unspecified atom stereocenters. The van der Waals surface area contributed by atoms with Crippen LogP contribution in [0.5, 0.6) is 0 Å². The van der Waals surface area contributed by atoms with Crippen molar-refractivity contribution in [3.8, 4) is 0 Å². The van der Waals surface area contributed by atoms with Crippen LogP contribution in [-0.2, 0) is 0 Å². The fraction of sp³-hybridized carbons (Fsp3) is 0.611. The SMILES string of the molecule is CSC1=NC2(CC1)C1CCC(CC1)C2c1ccccc1.I. The van der Waals surface area contributed by atoms with Gasteiger partial charge in [0.1, 0.15) is 0 Å². The third kappa shape index (κ3) is 2.48. The highest BCUT2D eigenvalue weighted by Gasteiger charge is 2.56. The van der Waals surface area contributed by atoms with Gasteiger partial charge in [-0.25, -0.2) is 0 Å². The summed E-state index contributed by atoms with van der Waals surface area (Å²) in [6.07, 6.45) is 10.4. The van der Waals surface area contributed by atoms with E-state index in [1.54, 1.807) is 5.56 Å². The Morgan fingerprint density at radius 2 is 1.81 bits per heavy atom. The predicted molar refractivity (Wildman–Crippen MR) is 103 cm³/mol. The lowest BCUT2D eigenvalue weighted by atomic mass is 9.52. The molecular formula is C18H24INS. The number of nitrogens with zero attached hydrogens (tertiary/aromatic N) is 1. The van der Waals surface area contributed by atoms with E-state index in [1.807, 2.05) is 11.8 Å². The molecule has 3 fully saturated rings. The molecule has 21 heavy (non-hydrogen) atoms. The average Bonchev–Trinajstić information content (AvgIpc) is 2.93. The number of hydrogen-bond acceptors (Lipinski definition) is 2. The number of rotatable bonds is 1. The lowest BCUT2D eigenvalue weighted by Gasteiger charge is -2.54. The first-order valence-electron chi connectivity index (χ1n) is 8.01. The van der Waals surface area contributed by atoms with E-state index in [4.69, 9.17) is 4.99 Å². The summed E-state index contributed by atoms with van der Waals surface area (Å²) in [6.45, 7) is 0. The second-order valence-corrected chi connectivity index (χ2v) is 7.58. The van der Waals surface area contributed by atoms with E-state index in [1.165, 1.54) is 43.6 Å². The topological polar surface area (TPSA) is 12.4 Å². The molecule has 0 N–H and O–H groups in total. The average molecular weight is 413 g/mol. The van der Waals surface area contributed by atoms with Gasteiger partial charge in [-0.3, -0.25) is 4.99 Å². The lowest BCUT2D eigenvalue weighted by molar-refractivity contribution is 0.0430. The third-order valence-electron chi connectivity index (χ3n) is 5.96. The monoisotopic (exact) mass is 413 g/mol. The van der Waals surface area contributed by atoms with Crippen LogP contribution in [0.3, 0.4) is 0 Å². The zero-order valence-corrected chi connectivity index (χ0v) is 15.8. The maximum absolute atomic E-state index is 5.32. The van der Waals surface area contributed by atoms with Gasteiger partial charge >= 0.3 is 0 Å². The van der Waals surface area contributed by atoms with Crippen LogP contribution in [0.1, 0.15) is 50.0 Å². The smallest absolute Gasteiger partial charge is 0.0720 e. The zero-order valence-electron chi connectivity index (χ0n) is 12.6. The van der Waals surface area contributed by atoms with Crippen LogP contribution < -0.4 is 0 Å². The van der Waals surface area contributed by atoms with Gasteiger partial charge in [0.05, 0.1) is 10.6 Å². The molecule has 4 aliphatic rings. The van der Waals surface area contributed by atoms with Gasteiger partial charge in [0.15, 0.2) is 0 Å². The Hall–Kier alpha value is -0.0300. The molecule has 1 spiro atoms. The van der Waals surface area contributed by atoms with Crippen molar-refractivity contribution in [1.82, 2.24) is 0 Å². The normalized spacial score (nSPS) is 37.4. The standard InChI is InChI=1S/C18H23NS.HI/c1-20-16-11-12-18(19-16)15-9-7-14(8-10-15)17(18)13-5-3-2-4-6-13;/h2-6,14-15,17H,7-12H2,1H3;1H. The molecule has 0 aromatic heterocycles. The largest absolute Gasteiger partial charge is 0.275 e. The van der Waals surface area contributed by atoms with Crippen molar-refractivity contribution in [2.45, 2.75) is 50.0 Å². The molecule has 5 rings (SSSR count). The van der Waals surface area contributed by atoms with Gasteiger partial charge in [-0.1, -0.05) is 30.3 Å². The van der Waals surface area contributed by atoms with Crippen LogP contribution in [0.15, 0.2) is 35.3 Å². The summed E-state index contributed by atoms with van der Waals surface area (Å²) in [4.78, 5) is 5.32. The minimum atomic E-state index is 0. The van der Waals surface area contributed by atoms with Crippen LogP contribution in [0, 0.1) is 11.8 Å². The van der Waals surface area contributed by atoms with Crippen molar-refractivity contribution in [3.05, 3.63) is 35.9 Å². The maximum atomic E-state index is 5.32. The molecule has 1 aliphatic heterocycles. The van der Waals surface area contributed by atoms with E-state index in [0.29, 0.717) is 5.92 Å². The van der Waals surface area contributed by atoms with Gasteiger partial charge < -0.3 is 0 Å². The Labute approximate surface area is 149 Å². The van der Waals surface area contributed by atoms with E-state index < -0.39 is 0 Å². The number of aliphatic imine (C=N–C) groups is 1. The van der Waals surface area contributed by atoms with Crippen molar-refractivity contribution in [1.29, 1.82) is 0 Å². The van der Waals surface area contributed by atoms with Crippen molar-refractivity contribution in [2.75, 3.05) is 6.26 Å². The lowest BCUT2D eigenvalue weighted by Crippen LogP contribution is -2.51. The molecule has 0 amide bonds. The Morgan fingerprint density at radius 3 is 2.43 bits per heavy atom. The van der Waals surface area contributed by atoms with Gasteiger partial charge in [0.25, 0.3) is 0 Å². The van der Waals surface area contributed by atoms with Crippen molar-refractivity contribution < 1.29 is 0 Å². The summed E-state index contributed by atoms with van der Waals surface area (Å²) in [7, 11) is 0. The van der Waals surface area contributed by atoms with Gasteiger partial charge in [0, 0.05) is 5.92 Å². The van der Waals surface area contributed by atoms with Gasteiger partial charge in [-0.2, -0.15) is 0 Å². The maximum Gasteiger partial charge on any atom is 0.0720 e. The number of hydrogen-bond donors (Lipinski definition) is 0. The highest BCUT2D eigenvalue weighted by Crippen LogP contribution is 2.60. The van der Waals surface area contributed by atoms with Crippen LogP contribution in [-0.4, -0.2) is 16.8 Å². The fourth-order valence-electron chi connectivity index (χ4n) is 5.15. The quantitative estimate of drug-likeness (QED) is 0.554. The molecule has 0 saturated heterocycles. The number of halogens is 1. The summed E-state index contributed by atoms with van der Waals surface area (Å²) in [5.74, 6) is 2.38. The Morgan fingerprint density at radius 1 is 1.10 bits per heavy atom. The molecule has 1 aromatic carbocycles. The van der Waals surface area contributed by atoms with Gasteiger partial charge in [0.2, 0.25) is 0 Å². The fourth-order valence-corrected chi connectivity index (χ4v) is 5.72. The summed E-state index contributed by atoms with van der Waals surface area (Å²) >= 11 is 1.87. The molecule has 0 radical (unpaired) electrons. The van der Waals surface area contributed by atoms with E-state index >= 15 is 0 Å². The summed E-state index contributed by atoms with van der Waals surface area (Å²) < 4.78 is 0. The predicted octanol–water partition coefficient (Wildman–Crippen LogP) is 5.50. The minimum Gasteiger partial charge on any atom is -0.275 e. The molecule has 114 valence electrons. The number of thioether (sulfide) groups is 1. The second-order valence-electron chi connectivity index (χ2n) is 6.70. The highest BCUT2D eigenvalue weighted by atomic mass is 127. The second kappa shape index (κ2) is 6.23. The molecule has 3 aliphatic carbocycles. The first-order chi connectivity index (χ1) is 9.83. The van der Waals surface area contributed by atoms with E-state index in [9.17, 15) is 0 Å². The molecule has 2 atom stereocenters. The Balaban J connectivity index is 0.00000132. The molecule has 2 bridgehead atoms. The van der Waals surface area contributed by atoms with Crippen molar-refractivity contribution in [2.24, 2.45) is 16.8 Å². The molecule has 1 aromatic rings. The summed E-state index contributed by atoms with van der Waals surface area (Å²) in [5, 5.41) is 1.40. The van der Waals surface area contributed by atoms with E-state index in [2.05, 4.69) is 36.6 Å².